The Balaban J connectivity index is 3.19. The molecule has 1 aliphatic carbocycles. The lowest BCUT2D eigenvalue weighted by Crippen LogP contribution is -2.32. The van der Waals surface area contributed by atoms with E-state index in [1.165, 1.54) is 6.08 Å². The Labute approximate surface area is 88.0 Å². The first-order chi connectivity index (χ1) is 6.98. The van der Waals surface area contributed by atoms with Gasteiger partial charge >= 0.3 is 0 Å². The summed E-state index contributed by atoms with van der Waals surface area (Å²) < 4.78 is 25.1. The normalized spacial score (nSPS) is 35.1. The molecule has 3 atom stereocenters. The third-order valence-corrected chi connectivity index (χ3v) is 2.96. The Morgan fingerprint density at radius 1 is 1.73 bits per heavy atom. The maximum atomic E-state index is 12.5. The van der Waals surface area contributed by atoms with Crippen LogP contribution in [0.5, 0.6) is 0 Å². The van der Waals surface area contributed by atoms with Gasteiger partial charge in [-0.3, -0.25) is 0 Å². The average Bonchev–Trinajstić information content (AvgIpc) is 2.39. The maximum absolute atomic E-state index is 12.5. The van der Waals surface area contributed by atoms with Gasteiger partial charge in [-0.15, -0.1) is 5.73 Å². The number of hydrogen-bond donors (Lipinski definition) is 2. The molecule has 5 heteroatoms. The topological polar surface area (TPSA) is 40.5 Å². The van der Waals surface area contributed by atoms with Crippen molar-refractivity contribution in [1.82, 2.24) is 0 Å². The average molecular weight is 214 g/mol. The number of halogens is 2. The van der Waals surface area contributed by atoms with Crippen molar-refractivity contribution in [2.24, 2.45) is 5.41 Å². The highest BCUT2D eigenvalue weighted by molar-refractivity contribution is 6.14. The van der Waals surface area contributed by atoms with Gasteiger partial charge in [0.1, 0.15) is 7.85 Å². The molecule has 1 fully saturated rings. The summed E-state index contributed by atoms with van der Waals surface area (Å²) in [4.78, 5) is 0. The van der Waals surface area contributed by atoms with Crippen molar-refractivity contribution >= 4 is 7.85 Å². The molecule has 0 bridgehead atoms. The van der Waals surface area contributed by atoms with E-state index in [-0.39, 0.29) is 12.0 Å². The molecule has 0 saturated heterocycles. The minimum absolute atomic E-state index is 0.278. The van der Waals surface area contributed by atoms with Crippen LogP contribution in [0.25, 0.3) is 0 Å². The highest BCUT2D eigenvalue weighted by Crippen LogP contribution is 2.49. The molecule has 0 heterocycles. The first-order valence-electron chi connectivity index (χ1n) is 4.69. The zero-order chi connectivity index (χ0) is 11.6. The molecule has 0 aromatic carbocycles. The van der Waals surface area contributed by atoms with Crippen LogP contribution in [0.3, 0.4) is 0 Å². The summed E-state index contributed by atoms with van der Waals surface area (Å²) in [5.74, 6) is -0.443. The lowest BCUT2D eigenvalue weighted by Gasteiger charge is -2.25. The lowest BCUT2D eigenvalue weighted by molar-refractivity contribution is 0.0557. The number of hydrogen-bond acceptors (Lipinski definition) is 2. The molecule has 0 spiro atoms. The molecule has 1 saturated carbocycles. The first-order valence-corrected chi connectivity index (χ1v) is 4.69. The van der Waals surface area contributed by atoms with E-state index in [4.69, 9.17) is 0 Å². The summed E-state index contributed by atoms with van der Waals surface area (Å²) in [7, 11) is 1.60. The largest absolute Gasteiger partial charge is 0.395 e. The van der Waals surface area contributed by atoms with Gasteiger partial charge in [0.2, 0.25) is 0 Å². The second kappa shape index (κ2) is 4.31. The zero-order valence-corrected chi connectivity index (χ0v) is 8.50. The van der Waals surface area contributed by atoms with E-state index in [1.54, 1.807) is 7.85 Å². The highest BCUT2D eigenvalue weighted by Gasteiger charge is 2.48. The fraction of sp³-hybridized carbons (Fsp3) is 0.500. The van der Waals surface area contributed by atoms with Gasteiger partial charge in [-0.25, -0.2) is 0 Å². The van der Waals surface area contributed by atoms with Crippen LogP contribution in [0.15, 0.2) is 30.0 Å². The van der Waals surface area contributed by atoms with Crippen LogP contribution in [0, 0.1) is 5.41 Å². The van der Waals surface area contributed by atoms with Crippen LogP contribution in [0.1, 0.15) is 6.42 Å². The second-order valence-corrected chi connectivity index (χ2v) is 3.96. The Bertz CT molecular complexity index is 332. The maximum Gasteiger partial charge on any atom is 0.271 e. The van der Waals surface area contributed by atoms with Crippen molar-refractivity contribution in [1.29, 1.82) is 0 Å². The van der Waals surface area contributed by atoms with Crippen molar-refractivity contribution in [3.63, 3.8) is 0 Å². The predicted octanol–water partition coefficient (Wildman–Crippen LogP) is 0.643. The van der Waals surface area contributed by atoms with Gasteiger partial charge in [0, 0.05) is 11.0 Å². The Morgan fingerprint density at radius 2 is 2.33 bits per heavy atom. The van der Waals surface area contributed by atoms with Gasteiger partial charge in [0.15, 0.2) is 0 Å². The molecule has 1 rings (SSSR count). The van der Waals surface area contributed by atoms with Gasteiger partial charge in [-0.1, -0.05) is 6.58 Å². The zero-order valence-electron chi connectivity index (χ0n) is 8.50. The van der Waals surface area contributed by atoms with Crippen LogP contribution >= 0.6 is 0 Å². The van der Waals surface area contributed by atoms with E-state index in [0.29, 0.717) is 0 Å². The van der Waals surface area contributed by atoms with Gasteiger partial charge in [-0.05, 0) is 18.3 Å². The standard InChI is InChI=1S/C10H13BF2O2/c1-2-3-10(5-14)4-6(11)7(8(10)15)9(12)13/h3,6,8,14-15H,1,4-5,11H2/t6-,8-,10-/m1/s1. The third-order valence-electron chi connectivity index (χ3n) is 2.96. The van der Waals surface area contributed by atoms with Crippen molar-refractivity contribution < 1.29 is 19.0 Å². The van der Waals surface area contributed by atoms with Crippen LogP contribution in [0.2, 0.25) is 5.82 Å². The van der Waals surface area contributed by atoms with Crippen molar-refractivity contribution in [2.45, 2.75) is 18.3 Å². The van der Waals surface area contributed by atoms with Crippen molar-refractivity contribution in [3.8, 4) is 0 Å². The van der Waals surface area contributed by atoms with Gasteiger partial charge < -0.3 is 10.2 Å². The highest BCUT2D eigenvalue weighted by atomic mass is 19.3. The second-order valence-electron chi connectivity index (χ2n) is 3.96. The number of aliphatic hydroxyl groups is 2. The molecule has 0 aromatic rings. The van der Waals surface area contributed by atoms with E-state index >= 15 is 0 Å². The number of aliphatic hydroxyl groups excluding tert-OH is 2. The van der Waals surface area contributed by atoms with E-state index in [2.05, 4.69) is 12.3 Å². The summed E-state index contributed by atoms with van der Waals surface area (Å²) in [6.07, 6.45) is -1.55. The van der Waals surface area contributed by atoms with Crippen molar-refractivity contribution in [3.05, 3.63) is 30.0 Å². The summed E-state index contributed by atoms with van der Waals surface area (Å²) in [6.45, 7) is 2.95. The van der Waals surface area contributed by atoms with E-state index in [0.717, 1.165) is 0 Å². The van der Waals surface area contributed by atoms with Gasteiger partial charge in [0.05, 0.1) is 12.7 Å². The molecule has 2 N–H and O–H groups in total. The SMILES string of the molecule is B[C@@H]1C[C@](C=C=C)(CO)[C@H](O)C1=C(F)F. The minimum atomic E-state index is -1.86. The van der Waals surface area contributed by atoms with Gasteiger partial charge in [-0.2, -0.15) is 8.78 Å². The predicted molar refractivity (Wildman–Crippen MR) is 55.4 cm³/mol. The molecule has 1 aliphatic rings. The molecule has 2 nitrogen and oxygen atoms in total. The van der Waals surface area contributed by atoms with E-state index in [9.17, 15) is 19.0 Å². The van der Waals surface area contributed by atoms with Crippen LogP contribution < -0.4 is 0 Å². The molecule has 0 radical (unpaired) electrons. The summed E-state index contributed by atoms with van der Waals surface area (Å²) in [6, 6.07) is 0. The Hall–Kier alpha value is -0.895. The van der Waals surface area contributed by atoms with Gasteiger partial charge in [0.25, 0.3) is 6.08 Å². The quantitative estimate of drug-likeness (QED) is 0.523. The minimum Gasteiger partial charge on any atom is -0.395 e. The van der Waals surface area contributed by atoms with E-state index in [1.807, 2.05) is 0 Å². The summed E-state index contributed by atoms with van der Waals surface area (Å²) in [5.41, 5.74) is 1.11. The fourth-order valence-electron chi connectivity index (χ4n) is 2.20. The monoisotopic (exact) mass is 214 g/mol. The van der Waals surface area contributed by atoms with Crippen molar-refractivity contribution in [2.75, 3.05) is 6.61 Å². The molecule has 82 valence electrons. The molecule has 0 aromatic heterocycles. The molecule has 0 amide bonds. The van der Waals surface area contributed by atoms with Crippen LogP contribution in [-0.2, 0) is 0 Å². The first kappa shape index (κ1) is 12.2. The fourth-order valence-corrected chi connectivity index (χ4v) is 2.20. The Morgan fingerprint density at radius 3 is 2.67 bits per heavy atom. The Kier molecular flexibility index (Phi) is 3.50. The smallest absolute Gasteiger partial charge is 0.271 e. The molecular weight excluding hydrogens is 201 g/mol. The van der Waals surface area contributed by atoms with Crippen LogP contribution in [0.4, 0.5) is 8.78 Å². The summed E-state index contributed by atoms with van der Waals surface area (Å²) in [5, 5.41) is 19.0. The lowest BCUT2D eigenvalue weighted by atomic mass is 9.79. The molecule has 15 heavy (non-hydrogen) atoms. The molecule has 0 aliphatic heterocycles. The third kappa shape index (κ3) is 1.91. The van der Waals surface area contributed by atoms with E-state index < -0.39 is 30.0 Å². The molecular formula is C10H13BF2O2. The summed E-state index contributed by atoms with van der Waals surface area (Å²) >= 11 is 0. The molecule has 0 unspecified atom stereocenters. The van der Waals surface area contributed by atoms with Crippen LogP contribution in [-0.4, -0.2) is 30.8 Å². The number of rotatable bonds is 2.